The minimum absolute atomic E-state index is 0.0978. The highest BCUT2D eigenvalue weighted by molar-refractivity contribution is 5.70. The van der Waals surface area contributed by atoms with E-state index < -0.39 is 0 Å². The van der Waals surface area contributed by atoms with Crippen molar-refractivity contribution in [1.82, 2.24) is 0 Å². The third-order valence-corrected chi connectivity index (χ3v) is 4.99. The number of methoxy groups -OCH3 is 1. The van der Waals surface area contributed by atoms with Gasteiger partial charge in [0.15, 0.2) is 0 Å². The maximum atomic E-state index is 14.6. The summed E-state index contributed by atoms with van der Waals surface area (Å²) in [5, 5.41) is 0. The molecule has 0 aliphatic carbocycles. The number of benzene rings is 2. The van der Waals surface area contributed by atoms with Crippen molar-refractivity contribution in [2.75, 3.05) is 7.11 Å². The van der Waals surface area contributed by atoms with E-state index in [1.165, 1.54) is 17.2 Å². The number of rotatable bonds is 5. The smallest absolute Gasteiger partial charge is 0.131 e. The van der Waals surface area contributed by atoms with Crippen LogP contribution in [0.15, 0.2) is 36.4 Å². The molecule has 0 heterocycles. The summed E-state index contributed by atoms with van der Waals surface area (Å²) in [7, 11) is 1.61. The van der Waals surface area contributed by atoms with Gasteiger partial charge in [0.1, 0.15) is 11.6 Å². The minimum atomic E-state index is -0.209. The summed E-state index contributed by atoms with van der Waals surface area (Å²) in [6.45, 7) is 13.4. The lowest BCUT2D eigenvalue weighted by atomic mass is 9.75. The molecule has 25 heavy (non-hydrogen) atoms. The van der Waals surface area contributed by atoms with Crippen molar-refractivity contribution in [3.63, 3.8) is 0 Å². The molecule has 1 nitrogen and oxygen atoms in total. The standard InChI is InChI=1S/C23H31FO/c1-15(2)12-17-8-10-19(20(13-17)16(3)23(4,5)6)21-14-18(25-7)9-11-22(21)24/h8-11,13-16H,12H2,1-7H3/t16-/m0/s1. The normalized spacial score (nSPS) is 13.2. The van der Waals surface area contributed by atoms with Gasteiger partial charge in [-0.1, -0.05) is 59.7 Å². The van der Waals surface area contributed by atoms with Gasteiger partial charge in [0.05, 0.1) is 7.11 Å². The van der Waals surface area contributed by atoms with Crippen LogP contribution in [0.1, 0.15) is 58.6 Å². The first-order valence-electron chi connectivity index (χ1n) is 9.10. The van der Waals surface area contributed by atoms with E-state index in [0.717, 1.165) is 12.0 Å². The molecular formula is C23H31FO. The monoisotopic (exact) mass is 342 g/mol. The molecule has 0 spiro atoms. The molecule has 0 radical (unpaired) electrons. The Balaban J connectivity index is 2.64. The second kappa shape index (κ2) is 7.59. The van der Waals surface area contributed by atoms with Gasteiger partial charge in [0.2, 0.25) is 0 Å². The lowest BCUT2D eigenvalue weighted by Crippen LogP contribution is -2.16. The zero-order valence-corrected chi connectivity index (χ0v) is 16.6. The van der Waals surface area contributed by atoms with Gasteiger partial charge in [-0.2, -0.15) is 0 Å². The number of hydrogen-bond acceptors (Lipinski definition) is 1. The van der Waals surface area contributed by atoms with E-state index in [4.69, 9.17) is 4.74 Å². The summed E-state index contributed by atoms with van der Waals surface area (Å²) < 4.78 is 19.9. The molecule has 0 saturated heterocycles. The third-order valence-electron chi connectivity index (χ3n) is 4.99. The van der Waals surface area contributed by atoms with Gasteiger partial charge in [-0.25, -0.2) is 4.39 Å². The summed E-state index contributed by atoms with van der Waals surface area (Å²) in [4.78, 5) is 0. The van der Waals surface area contributed by atoms with Crippen LogP contribution in [-0.4, -0.2) is 7.11 Å². The topological polar surface area (TPSA) is 9.23 Å². The maximum absolute atomic E-state index is 14.6. The van der Waals surface area contributed by atoms with E-state index in [-0.39, 0.29) is 11.2 Å². The summed E-state index contributed by atoms with van der Waals surface area (Å²) in [6, 6.07) is 11.4. The largest absolute Gasteiger partial charge is 0.497 e. The molecule has 2 aromatic carbocycles. The Hall–Kier alpha value is -1.83. The van der Waals surface area contributed by atoms with Gasteiger partial charge in [-0.15, -0.1) is 0 Å². The van der Waals surface area contributed by atoms with Crippen molar-refractivity contribution in [3.05, 3.63) is 53.3 Å². The molecule has 1 atom stereocenters. The lowest BCUT2D eigenvalue weighted by molar-refractivity contribution is 0.340. The Morgan fingerprint density at radius 3 is 2.20 bits per heavy atom. The van der Waals surface area contributed by atoms with Gasteiger partial charge in [-0.05, 0) is 58.6 Å². The summed E-state index contributed by atoms with van der Waals surface area (Å²) in [5.41, 5.74) is 4.19. The number of ether oxygens (including phenoxy) is 1. The van der Waals surface area contributed by atoms with Crippen LogP contribution in [0.25, 0.3) is 11.1 Å². The molecule has 0 aliphatic heterocycles. The molecule has 2 heteroatoms. The molecule has 0 unspecified atom stereocenters. The maximum Gasteiger partial charge on any atom is 0.131 e. The molecule has 0 aliphatic rings. The van der Waals surface area contributed by atoms with Crippen LogP contribution >= 0.6 is 0 Å². The zero-order chi connectivity index (χ0) is 18.8. The summed E-state index contributed by atoms with van der Waals surface area (Å²) in [6.07, 6.45) is 1.03. The fourth-order valence-corrected chi connectivity index (χ4v) is 3.12. The van der Waals surface area contributed by atoms with Gasteiger partial charge in [0, 0.05) is 5.56 Å². The second-order valence-electron chi connectivity index (χ2n) is 8.45. The van der Waals surface area contributed by atoms with Crippen LogP contribution in [0.5, 0.6) is 5.75 Å². The third kappa shape index (κ3) is 4.62. The molecule has 0 bridgehead atoms. The Morgan fingerprint density at radius 1 is 0.960 bits per heavy atom. The van der Waals surface area contributed by atoms with Crippen LogP contribution < -0.4 is 4.74 Å². The average molecular weight is 342 g/mol. The highest BCUT2D eigenvalue weighted by Crippen LogP contribution is 2.41. The van der Waals surface area contributed by atoms with E-state index in [0.29, 0.717) is 23.1 Å². The van der Waals surface area contributed by atoms with Crippen molar-refractivity contribution in [2.24, 2.45) is 11.3 Å². The minimum Gasteiger partial charge on any atom is -0.497 e. The van der Waals surface area contributed by atoms with Crippen LogP contribution in [-0.2, 0) is 6.42 Å². The molecule has 2 rings (SSSR count). The summed E-state index contributed by atoms with van der Waals surface area (Å²) in [5.74, 6) is 1.37. The van der Waals surface area contributed by atoms with Crippen LogP contribution in [0.2, 0.25) is 0 Å². The van der Waals surface area contributed by atoms with Crippen molar-refractivity contribution >= 4 is 0 Å². The summed E-state index contributed by atoms with van der Waals surface area (Å²) >= 11 is 0. The van der Waals surface area contributed by atoms with Crippen LogP contribution in [0.3, 0.4) is 0 Å². The van der Waals surface area contributed by atoms with Crippen LogP contribution in [0.4, 0.5) is 4.39 Å². The zero-order valence-electron chi connectivity index (χ0n) is 16.6. The van der Waals surface area contributed by atoms with E-state index in [2.05, 4.69) is 59.7 Å². The lowest BCUT2D eigenvalue weighted by Gasteiger charge is -2.30. The first-order valence-corrected chi connectivity index (χ1v) is 9.10. The van der Waals surface area contributed by atoms with E-state index in [1.807, 2.05) is 0 Å². The molecule has 136 valence electrons. The molecule has 0 aromatic heterocycles. The fourth-order valence-electron chi connectivity index (χ4n) is 3.12. The van der Waals surface area contributed by atoms with Crippen molar-refractivity contribution < 1.29 is 9.13 Å². The highest BCUT2D eigenvalue weighted by atomic mass is 19.1. The average Bonchev–Trinajstić information content (AvgIpc) is 2.53. The van der Waals surface area contributed by atoms with E-state index >= 15 is 0 Å². The van der Waals surface area contributed by atoms with Gasteiger partial charge < -0.3 is 4.74 Å². The van der Waals surface area contributed by atoms with Crippen molar-refractivity contribution in [1.29, 1.82) is 0 Å². The molecule has 0 saturated carbocycles. The van der Waals surface area contributed by atoms with E-state index in [9.17, 15) is 4.39 Å². The molecule has 0 fully saturated rings. The first-order chi connectivity index (χ1) is 11.6. The first kappa shape index (κ1) is 19.5. The Kier molecular flexibility index (Phi) is 5.92. The van der Waals surface area contributed by atoms with Gasteiger partial charge >= 0.3 is 0 Å². The number of halogens is 1. The Morgan fingerprint density at radius 2 is 1.64 bits per heavy atom. The van der Waals surface area contributed by atoms with Crippen LogP contribution in [0, 0.1) is 17.2 Å². The van der Waals surface area contributed by atoms with Gasteiger partial charge in [0.25, 0.3) is 0 Å². The number of hydrogen-bond donors (Lipinski definition) is 0. The molecule has 0 amide bonds. The quantitative estimate of drug-likeness (QED) is 0.577. The van der Waals surface area contributed by atoms with Crippen molar-refractivity contribution in [2.45, 2.75) is 53.9 Å². The Bertz CT molecular complexity index is 725. The predicted molar refractivity (Wildman–Crippen MR) is 105 cm³/mol. The molecular weight excluding hydrogens is 311 g/mol. The Labute approximate surface area is 152 Å². The fraction of sp³-hybridized carbons (Fsp3) is 0.478. The van der Waals surface area contributed by atoms with E-state index in [1.54, 1.807) is 19.2 Å². The second-order valence-corrected chi connectivity index (χ2v) is 8.45. The SMILES string of the molecule is COc1ccc(F)c(-c2ccc(CC(C)C)cc2[C@H](C)C(C)(C)C)c1. The van der Waals surface area contributed by atoms with Gasteiger partial charge in [-0.3, -0.25) is 0 Å². The predicted octanol–water partition coefficient (Wildman–Crippen LogP) is 6.85. The molecule has 2 aromatic rings. The molecule has 0 N–H and O–H groups in total. The van der Waals surface area contributed by atoms with Crippen molar-refractivity contribution in [3.8, 4) is 16.9 Å². The highest BCUT2D eigenvalue weighted by Gasteiger charge is 2.25.